The van der Waals surface area contributed by atoms with E-state index < -0.39 is 0 Å². The van der Waals surface area contributed by atoms with Gasteiger partial charge in [-0.05, 0) is 74.2 Å². The monoisotopic (exact) mass is 631 g/mol. The third-order valence-electron chi connectivity index (χ3n) is 7.60. The lowest BCUT2D eigenvalue weighted by Crippen LogP contribution is -2.48. The van der Waals surface area contributed by atoms with E-state index in [0.717, 1.165) is 36.3 Å². The summed E-state index contributed by atoms with van der Waals surface area (Å²) in [5.41, 5.74) is 7.26. The molecule has 0 spiro atoms. The van der Waals surface area contributed by atoms with Crippen LogP contribution in [0.4, 0.5) is 0 Å². The Labute approximate surface area is 271 Å². The Morgan fingerprint density at radius 1 is 0.886 bits per heavy atom. The van der Waals surface area contributed by atoms with Gasteiger partial charge in [0.25, 0.3) is 0 Å². The first kappa shape index (κ1) is 33.1. The minimum atomic E-state index is 0. The predicted molar refractivity (Wildman–Crippen MR) is 180 cm³/mol. The van der Waals surface area contributed by atoms with Crippen LogP contribution in [0.25, 0.3) is 6.08 Å². The number of carbonyl (C=O) groups is 1. The number of aryl methyl sites for hydroxylation is 3. The molecule has 0 atom stereocenters. The maximum Gasteiger partial charge on any atom is 0.249 e. The van der Waals surface area contributed by atoms with Gasteiger partial charge in [-0.25, -0.2) is 4.98 Å². The molecule has 1 saturated heterocycles. The van der Waals surface area contributed by atoms with Crippen molar-refractivity contribution in [1.29, 1.82) is 0 Å². The molecule has 0 N–H and O–H groups in total. The van der Waals surface area contributed by atoms with Crippen molar-refractivity contribution in [3.8, 4) is 17.4 Å². The van der Waals surface area contributed by atoms with E-state index in [-0.39, 0.29) is 18.3 Å². The zero-order valence-electron chi connectivity index (χ0n) is 25.7. The molecule has 0 saturated carbocycles. The van der Waals surface area contributed by atoms with E-state index >= 15 is 0 Å². The van der Waals surface area contributed by atoms with Crippen molar-refractivity contribution in [3.63, 3.8) is 0 Å². The van der Waals surface area contributed by atoms with Gasteiger partial charge in [-0.15, -0.1) is 12.4 Å². The van der Waals surface area contributed by atoms with Gasteiger partial charge < -0.3 is 14.4 Å². The number of halogens is 2. The molecule has 5 rings (SSSR count). The van der Waals surface area contributed by atoms with Crippen molar-refractivity contribution in [2.75, 3.05) is 26.2 Å². The number of amides is 1. The molecule has 0 radical (unpaired) electrons. The van der Waals surface area contributed by atoms with Gasteiger partial charge in [0.1, 0.15) is 12.4 Å². The van der Waals surface area contributed by atoms with Gasteiger partial charge in [-0.3, -0.25) is 9.69 Å². The van der Waals surface area contributed by atoms with E-state index in [4.69, 9.17) is 21.1 Å². The molecule has 0 bridgehead atoms. The summed E-state index contributed by atoms with van der Waals surface area (Å²) in [6.07, 6.45) is 3.53. The Morgan fingerprint density at radius 3 is 2.11 bits per heavy atom. The summed E-state index contributed by atoms with van der Waals surface area (Å²) < 4.78 is 11.9. The summed E-state index contributed by atoms with van der Waals surface area (Å²) >= 11 is 6.64. The molecule has 6 nitrogen and oxygen atoms in total. The van der Waals surface area contributed by atoms with E-state index in [0.29, 0.717) is 47.7 Å². The number of rotatable bonds is 9. The first-order valence-corrected chi connectivity index (χ1v) is 15.0. The van der Waals surface area contributed by atoms with Crippen LogP contribution >= 0.6 is 24.0 Å². The molecule has 4 aromatic rings. The molecule has 1 aliphatic rings. The number of pyridine rings is 1. The Kier molecular flexibility index (Phi) is 11.5. The zero-order valence-corrected chi connectivity index (χ0v) is 27.3. The third-order valence-corrected chi connectivity index (χ3v) is 7.88. The van der Waals surface area contributed by atoms with E-state index in [1.54, 1.807) is 12.3 Å². The number of piperazine rings is 1. The average molecular weight is 633 g/mol. The van der Waals surface area contributed by atoms with Crippen LogP contribution in [0, 0.1) is 20.8 Å². The second-order valence-electron chi connectivity index (χ2n) is 11.2. The number of benzene rings is 3. The van der Waals surface area contributed by atoms with Crippen LogP contribution in [0.1, 0.15) is 40.3 Å². The molecule has 2 heterocycles. The van der Waals surface area contributed by atoms with Gasteiger partial charge in [0.2, 0.25) is 11.8 Å². The molecular weight excluding hydrogens is 593 g/mol. The number of ether oxygens (including phenoxy) is 2. The molecule has 3 aromatic carbocycles. The maximum atomic E-state index is 13.2. The Morgan fingerprint density at radius 2 is 1.52 bits per heavy atom. The van der Waals surface area contributed by atoms with Crippen molar-refractivity contribution < 1.29 is 14.3 Å². The molecule has 8 heteroatoms. The molecule has 1 aliphatic heterocycles. The van der Waals surface area contributed by atoms with Crippen molar-refractivity contribution in [2.24, 2.45) is 0 Å². The van der Waals surface area contributed by atoms with Crippen LogP contribution in [-0.4, -0.2) is 46.9 Å². The number of carbonyl (C=O) groups excluding carboxylic acids is 1. The van der Waals surface area contributed by atoms with Crippen LogP contribution in [0.3, 0.4) is 0 Å². The SMILES string of the molecule is C/C(=C\c1cc(C)c(Oc2ccc(OCc3ccc(C)cc3)cn2)c(Cl)c1)C(=O)N1CCN(Cc2ccc(C)cc2)CC1.Cl. The molecule has 230 valence electrons. The molecule has 0 unspecified atom stereocenters. The predicted octanol–water partition coefficient (Wildman–Crippen LogP) is 8.20. The van der Waals surface area contributed by atoms with Gasteiger partial charge in [0.05, 0.1) is 11.2 Å². The zero-order chi connectivity index (χ0) is 30.3. The molecule has 0 aliphatic carbocycles. The molecule has 44 heavy (non-hydrogen) atoms. The normalized spacial score (nSPS) is 13.8. The van der Waals surface area contributed by atoms with Crippen molar-refractivity contribution in [1.82, 2.24) is 14.8 Å². The summed E-state index contributed by atoms with van der Waals surface area (Å²) in [6, 6.07) is 24.3. The Hall–Kier alpha value is -3.84. The van der Waals surface area contributed by atoms with Crippen molar-refractivity contribution >= 4 is 36.0 Å². The lowest BCUT2D eigenvalue weighted by atomic mass is 10.1. The lowest BCUT2D eigenvalue weighted by molar-refractivity contribution is -0.128. The summed E-state index contributed by atoms with van der Waals surface area (Å²) in [5.74, 6) is 1.67. The highest BCUT2D eigenvalue weighted by molar-refractivity contribution is 6.32. The fourth-order valence-corrected chi connectivity index (χ4v) is 5.37. The minimum absolute atomic E-state index is 0. The highest BCUT2D eigenvalue weighted by Crippen LogP contribution is 2.34. The van der Waals surface area contributed by atoms with Gasteiger partial charge in [0, 0.05) is 44.4 Å². The maximum absolute atomic E-state index is 13.2. The highest BCUT2D eigenvalue weighted by atomic mass is 35.5. The first-order valence-electron chi connectivity index (χ1n) is 14.6. The van der Waals surface area contributed by atoms with Crippen molar-refractivity contribution in [3.05, 3.63) is 123 Å². The smallest absolute Gasteiger partial charge is 0.249 e. The summed E-state index contributed by atoms with van der Waals surface area (Å²) in [4.78, 5) is 21.9. The largest absolute Gasteiger partial charge is 0.487 e. The lowest BCUT2D eigenvalue weighted by Gasteiger charge is -2.35. The van der Waals surface area contributed by atoms with Gasteiger partial charge in [-0.2, -0.15) is 0 Å². The third kappa shape index (κ3) is 8.85. The highest BCUT2D eigenvalue weighted by Gasteiger charge is 2.22. The van der Waals surface area contributed by atoms with Gasteiger partial charge in [0.15, 0.2) is 5.75 Å². The Bertz CT molecular complexity index is 1560. The quantitative estimate of drug-likeness (QED) is 0.174. The number of hydrogen-bond acceptors (Lipinski definition) is 5. The van der Waals surface area contributed by atoms with E-state index in [9.17, 15) is 4.79 Å². The van der Waals surface area contributed by atoms with Crippen LogP contribution in [0.5, 0.6) is 17.4 Å². The average Bonchev–Trinajstić information content (AvgIpc) is 3.00. The second-order valence-corrected chi connectivity index (χ2v) is 11.6. The van der Waals surface area contributed by atoms with Crippen LogP contribution < -0.4 is 9.47 Å². The fourth-order valence-electron chi connectivity index (χ4n) is 5.06. The van der Waals surface area contributed by atoms with Crippen LogP contribution in [0.15, 0.2) is 84.6 Å². The number of nitrogens with zero attached hydrogens (tertiary/aromatic N) is 3. The molecule has 1 amide bonds. The summed E-state index contributed by atoms with van der Waals surface area (Å²) in [7, 11) is 0. The van der Waals surface area contributed by atoms with E-state index in [1.165, 1.54) is 16.7 Å². The van der Waals surface area contributed by atoms with Crippen molar-refractivity contribution in [2.45, 2.75) is 40.8 Å². The number of aromatic nitrogens is 1. The Balaban J connectivity index is 0.00000442. The molecular formula is C36H39Cl2N3O3. The number of hydrogen-bond donors (Lipinski definition) is 0. The molecule has 1 aromatic heterocycles. The first-order chi connectivity index (χ1) is 20.7. The van der Waals surface area contributed by atoms with Crippen LogP contribution in [0.2, 0.25) is 5.02 Å². The summed E-state index contributed by atoms with van der Waals surface area (Å²) in [5, 5.41) is 0.456. The van der Waals surface area contributed by atoms with Gasteiger partial charge in [-0.1, -0.05) is 71.3 Å². The van der Waals surface area contributed by atoms with E-state index in [1.807, 2.05) is 43.0 Å². The van der Waals surface area contributed by atoms with Gasteiger partial charge >= 0.3 is 0 Å². The standard InChI is InChI=1S/C36H38ClN3O3.ClH/c1-25-5-9-29(10-6-25)23-39-15-17-40(18-16-39)36(41)28(4)20-31-19-27(3)35(33(37)21-31)43-34-14-13-32(22-38-34)42-24-30-11-7-26(2)8-12-30;/h5-14,19-22H,15-18,23-24H2,1-4H3;1H/b28-20+;. The topological polar surface area (TPSA) is 54.9 Å². The molecule has 1 fully saturated rings. The summed E-state index contributed by atoms with van der Waals surface area (Å²) in [6.45, 7) is 12.5. The second kappa shape index (κ2) is 15.2. The van der Waals surface area contributed by atoms with E-state index in [2.05, 4.69) is 72.3 Å². The van der Waals surface area contributed by atoms with Crippen LogP contribution in [-0.2, 0) is 17.9 Å². The fraction of sp³-hybridized carbons (Fsp3) is 0.278. The minimum Gasteiger partial charge on any atom is -0.487 e.